The molecule has 2 N–H and O–H groups in total. The first kappa shape index (κ1) is 23.1. The molecule has 4 rings (SSSR count). The highest BCUT2D eigenvalue weighted by molar-refractivity contribution is 6.29. The van der Waals surface area contributed by atoms with Gasteiger partial charge in [-0.1, -0.05) is 41.9 Å². The lowest BCUT2D eigenvalue weighted by atomic mass is 10.0. The Morgan fingerprint density at radius 1 is 1.15 bits per heavy atom. The van der Waals surface area contributed by atoms with Crippen LogP contribution >= 0.6 is 11.6 Å². The number of aromatic nitrogens is 4. The van der Waals surface area contributed by atoms with Gasteiger partial charge in [0.25, 0.3) is 0 Å². The molecular weight excluding hydrogens is 457 g/mol. The maximum atomic E-state index is 13.2. The normalized spacial score (nSPS) is 11.5. The van der Waals surface area contributed by atoms with Crippen molar-refractivity contribution in [2.45, 2.75) is 13.5 Å². The molecule has 8 nitrogen and oxygen atoms in total. The number of hydrogen-bond donors (Lipinski definition) is 1. The average Bonchev–Trinajstić information content (AvgIpc) is 2.80. The number of nitrogens with two attached hydrogens (primary N) is 1. The summed E-state index contributed by atoms with van der Waals surface area (Å²) in [5.41, 5.74) is 10.3. The highest BCUT2D eigenvalue weighted by atomic mass is 35.5. The third-order valence-electron chi connectivity index (χ3n) is 4.97. The van der Waals surface area contributed by atoms with Crippen LogP contribution < -0.4 is 11.2 Å². The van der Waals surface area contributed by atoms with Crippen molar-refractivity contribution in [1.82, 2.24) is 24.5 Å². The van der Waals surface area contributed by atoms with Crippen molar-refractivity contribution in [2.24, 2.45) is 5.10 Å². The maximum Gasteiger partial charge on any atom is 0.222 e. The summed E-state index contributed by atoms with van der Waals surface area (Å²) >= 11 is 6.27. The van der Waals surface area contributed by atoms with Crippen LogP contribution in [0, 0.1) is 12.7 Å². The van der Waals surface area contributed by atoms with Crippen molar-refractivity contribution in [3.63, 3.8) is 0 Å². The van der Waals surface area contributed by atoms with Crippen molar-refractivity contribution >= 4 is 24.0 Å². The Bertz CT molecular complexity index is 1390. The second kappa shape index (κ2) is 9.80. The molecule has 0 aliphatic rings. The van der Waals surface area contributed by atoms with Gasteiger partial charge in [-0.3, -0.25) is 14.8 Å². The molecule has 3 heterocycles. The lowest BCUT2D eigenvalue weighted by molar-refractivity contribution is 0.326. The number of rotatable bonds is 6. The van der Waals surface area contributed by atoms with Gasteiger partial charge < -0.3 is 5.73 Å². The maximum absolute atomic E-state index is 13.2. The van der Waals surface area contributed by atoms with Gasteiger partial charge >= 0.3 is 0 Å². The zero-order chi connectivity index (χ0) is 24.2. The molecule has 172 valence electrons. The fourth-order valence-corrected chi connectivity index (χ4v) is 3.79. The molecular formula is C24H21ClFN7O. The minimum atomic E-state index is -0.427. The molecule has 0 fully saturated rings. The summed E-state index contributed by atoms with van der Waals surface area (Å²) in [4.78, 5) is 24.9. The second-order valence-electron chi connectivity index (χ2n) is 7.56. The first-order valence-electron chi connectivity index (χ1n) is 10.3. The van der Waals surface area contributed by atoms with Crippen LogP contribution in [0.4, 0.5) is 10.3 Å². The number of carbonyl (C=O) groups excluding carboxylic acids is 1. The molecule has 0 spiro atoms. The Morgan fingerprint density at radius 2 is 1.91 bits per heavy atom. The van der Waals surface area contributed by atoms with Crippen LogP contribution in [0.1, 0.15) is 11.4 Å². The lowest BCUT2D eigenvalue weighted by Gasteiger charge is -2.18. The summed E-state index contributed by atoms with van der Waals surface area (Å²) in [6, 6.07) is 15.8. The van der Waals surface area contributed by atoms with Gasteiger partial charge in [0, 0.05) is 18.3 Å². The third-order valence-corrected chi connectivity index (χ3v) is 5.16. The molecule has 0 bridgehead atoms. The Hall–Kier alpha value is -4.11. The Balaban J connectivity index is 2.00. The van der Waals surface area contributed by atoms with Crippen molar-refractivity contribution in [1.29, 1.82) is 0 Å². The molecule has 0 saturated heterocycles. The fourth-order valence-electron chi connectivity index (χ4n) is 3.54. The molecule has 0 aliphatic heterocycles. The molecule has 1 aromatic carbocycles. The van der Waals surface area contributed by atoms with E-state index in [0.29, 0.717) is 39.8 Å². The Kier molecular flexibility index (Phi) is 6.65. The molecule has 0 amide bonds. The number of hydrogen-bond acceptors (Lipinski definition) is 7. The van der Waals surface area contributed by atoms with Gasteiger partial charge in [0.1, 0.15) is 11.0 Å². The summed E-state index contributed by atoms with van der Waals surface area (Å²) < 4.78 is 14.4. The molecule has 10 heteroatoms. The van der Waals surface area contributed by atoms with Crippen LogP contribution in [0.2, 0.25) is 5.15 Å². The minimum Gasteiger partial charge on any atom is -0.369 e. The van der Waals surface area contributed by atoms with E-state index in [1.54, 1.807) is 24.2 Å². The number of nitrogens with zero attached hydrogens (tertiary/aromatic N) is 6. The average molecular weight is 478 g/mol. The molecule has 3 aromatic heterocycles. The molecule has 4 aromatic rings. The number of anilines is 1. The van der Waals surface area contributed by atoms with Crippen LogP contribution in [0.25, 0.3) is 22.4 Å². The van der Waals surface area contributed by atoms with E-state index in [9.17, 15) is 9.18 Å². The fraction of sp³-hybridized carbons (Fsp3) is 0.125. The number of carbonyl (C=O) groups is 1. The molecule has 0 atom stereocenters. The molecule has 0 aliphatic carbocycles. The summed E-state index contributed by atoms with van der Waals surface area (Å²) in [7, 11) is 1.72. The summed E-state index contributed by atoms with van der Waals surface area (Å²) in [5.74, 6) is -0.453. The number of halogens is 2. The standard InChI is InChI=1S/C24H21ClFN7O/c1-15-10-17(11-20(25)29-15)21-22(16-6-4-3-5-7-16)30-24(27)33(14-34)23(21)31-32(2)13-19-9-8-18(26)12-28-19/h3-12,14H,13H2,1-2H3,(H2,27,30)/b31-23-. The molecule has 0 radical (unpaired) electrons. The van der Waals surface area contributed by atoms with Crippen molar-refractivity contribution in [3.8, 4) is 22.4 Å². The lowest BCUT2D eigenvalue weighted by Crippen LogP contribution is -2.31. The van der Waals surface area contributed by atoms with Crippen LogP contribution in [0.5, 0.6) is 0 Å². The van der Waals surface area contributed by atoms with Gasteiger partial charge in [0.15, 0.2) is 5.49 Å². The van der Waals surface area contributed by atoms with Gasteiger partial charge in [-0.05, 0) is 36.8 Å². The van der Waals surface area contributed by atoms with Crippen LogP contribution in [0.3, 0.4) is 0 Å². The van der Waals surface area contributed by atoms with Gasteiger partial charge in [0.2, 0.25) is 12.4 Å². The summed E-state index contributed by atoms with van der Waals surface area (Å²) in [5, 5.41) is 6.55. The van der Waals surface area contributed by atoms with Crippen molar-refractivity contribution in [3.05, 3.63) is 88.6 Å². The van der Waals surface area contributed by atoms with Crippen LogP contribution in [-0.4, -0.2) is 38.0 Å². The van der Waals surface area contributed by atoms with Gasteiger partial charge in [0.05, 0.1) is 29.7 Å². The predicted octanol–water partition coefficient (Wildman–Crippen LogP) is 3.68. The number of aryl methyl sites for hydroxylation is 1. The van der Waals surface area contributed by atoms with Crippen molar-refractivity contribution < 1.29 is 9.18 Å². The van der Waals surface area contributed by atoms with E-state index in [-0.39, 0.29) is 18.0 Å². The third kappa shape index (κ3) is 4.94. The Labute approximate surface area is 200 Å². The smallest absolute Gasteiger partial charge is 0.222 e. The molecule has 0 saturated carbocycles. The SMILES string of the molecule is Cc1cc(-c2c(-c3ccccc3)nc(N)n(C=O)/c2=N\N(C)Cc2ccc(F)cn2)cc(Cl)n1. The minimum absolute atomic E-state index is 0.0264. The largest absolute Gasteiger partial charge is 0.369 e. The first-order valence-corrected chi connectivity index (χ1v) is 10.7. The zero-order valence-electron chi connectivity index (χ0n) is 18.5. The zero-order valence-corrected chi connectivity index (χ0v) is 19.2. The van der Waals surface area contributed by atoms with E-state index in [1.807, 2.05) is 43.3 Å². The number of benzene rings is 1. The Morgan fingerprint density at radius 3 is 2.56 bits per heavy atom. The summed E-state index contributed by atoms with van der Waals surface area (Å²) in [6.45, 7) is 2.08. The monoisotopic (exact) mass is 477 g/mol. The highest BCUT2D eigenvalue weighted by Crippen LogP contribution is 2.30. The van der Waals surface area contributed by atoms with Crippen LogP contribution in [0.15, 0.2) is 65.9 Å². The molecule has 34 heavy (non-hydrogen) atoms. The first-order chi connectivity index (χ1) is 16.4. The highest BCUT2D eigenvalue weighted by Gasteiger charge is 2.19. The van der Waals surface area contributed by atoms with E-state index in [0.717, 1.165) is 11.8 Å². The number of nitrogen functional groups attached to an aromatic ring is 1. The summed E-state index contributed by atoms with van der Waals surface area (Å²) in [6.07, 6.45) is 1.69. The van der Waals surface area contributed by atoms with Gasteiger partial charge in [-0.2, -0.15) is 5.10 Å². The quantitative estimate of drug-likeness (QED) is 0.258. The van der Waals surface area contributed by atoms with E-state index in [4.69, 9.17) is 17.3 Å². The topological polar surface area (TPSA) is 102 Å². The van der Waals surface area contributed by atoms with E-state index < -0.39 is 5.82 Å². The second-order valence-corrected chi connectivity index (χ2v) is 7.95. The molecule has 0 unspecified atom stereocenters. The van der Waals surface area contributed by atoms with Crippen molar-refractivity contribution in [2.75, 3.05) is 12.8 Å². The predicted molar refractivity (Wildman–Crippen MR) is 128 cm³/mol. The van der Waals surface area contributed by atoms with Gasteiger partial charge in [-0.25, -0.2) is 18.9 Å². The van der Waals surface area contributed by atoms with E-state index in [2.05, 4.69) is 20.1 Å². The van der Waals surface area contributed by atoms with Crippen LogP contribution in [-0.2, 0) is 11.3 Å². The van der Waals surface area contributed by atoms with E-state index in [1.165, 1.54) is 10.6 Å². The van der Waals surface area contributed by atoms with E-state index >= 15 is 0 Å². The van der Waals surface area contributed by atoms with Gasteiger partial charge in [-0.15, -0.1) is 0 Å². The number of pyridine rings is 2.